The Balaban J connectivity index is 2.36. The summed E-state index contributed by atoms with van der Waals surface area (Å²) in [5, 5.41) is 7.75. The molecule has 1 N–H and O–H groups in total. The number of benzene rings is 1. The van der Waals surface area contributed by atoms with Gasteiger partial charge in [-0.1, -0.05) is 37.4 Å². The molecule has 2 aromatic rings. The third-order valence-corrected chi connectivity index (χ3v) is 3.96. The van der Waals surface area contributed by atoms with E-state index in [-0.39, 0.29) is 11.9 Å². The van der Waals surface area contributed by atoms with Crippen LogP contribution in [-0.2, 0) is 0 Å². The number of nitrogens with zero attached hydrogens (tertiary/aromatic N) is 2. The Hall–Kier alpha value is -1.33. The molecule has 108 valence electrons. The van der Waals surface area contributed by atoms with Crippen LogP contribution < -0.4 is 5.32 Å². The average Bonchev–Trinajstić information content (AvgIpc) is 2.90. The Bertz CT molecular complexity index is 536. The molecule has 0 saturated heterocycles. The molecule has 0 fully saturated rings. The van der Waals surface area contributed by atoms with Gasteiger partial charge in [0.2, 0.25) is 0 Å². The summed E-state index contributed by atoms with van der Waals surface area (Å²) in [4.78, 5) is 1.13. The highest BCUT2D eigenvalue weighted by Crippen LogP contribution is 2.30. The normalized spacial score (nSPS) is 12.8. The van der Waals surface area contributed by atoms with Crippen molar-refractivity contribution in [2.45, 2.75) is 39.2 Å². The summed E-state index contributed by atoms with van der Waals surface area (Å²) in [5.41, 5.74) is 2.07. The third-order valence-electron chi connectivity index (χ3n) is 3.15. The van der Waals surface area contributed by atoms with Crippen LogP contribution in [0.25, 0.3) is 0 Å². The molecule has 0 bridgehead atoms. The molecule has 5 heteroatoms. The van der Waals surface area contributed by atoms with Crippen LogP contribution >= 0.6 is 11.5 Å². The zero-order valence-electron chi connectivity index (χ0n) is 12.1. The molecule has 0 aliphatic heterocycles. The quantitative estimate of drug-likeness (QED) is 0.878. The SMILES string of the molecule is CCCNC(c1ccc(F)cc1)c1snnc1C(C)C. The summed E-state index contributed by atoms with van der Waals surface area (Å²) in [5.74, 6) is 0.115. The Morgan fingerprint density at radius 2 is 1.95 bits per heavy atom. The molecule has 1 aromatic carbocycles. The van der Waals surface area contributed by atoms with E-state index in [1.54, 1.807) is 0 Å². The Labute approximate surface area is 123 Å². The van der Waals surface area contributed by atoms with Gasteiger partial charge in [-0.2, -0.15) is 0 Å². The van der Waals surface area contributed by atoms with E-state index in [9.17, 15) is 4.39 Å². The average molecular weight is 293 g/mol. The highest BCUT2D eigenvalue weighted by atomic mass is 32.1. The Morgan fingerprint density at radius 1 is 1.25 bits per heavy atom. The molecular weight excluding hydrogens is 273 g/mol. The van der Waals surface area contributed by atoms with E-state index in [0.29, 0.717) is 5.92 Å². The largest absolute Gasteiger partial charge is 0.305 e. The van der Waals surface area contributed by atoms with Crippen molar-refractivity contribution in [3.8, 4) is 0 Å². The molecule has 1 unspecified atom stereocenters. The standard InChI is InChI=1S/C15H20FN3S/c1-4-9-17-14(11-5-7-12(16)8-6-11)15-13(10(2)3)18-19-20-15/h5-8,10,14,17H,4,9H2,1-3H3. The van der Waals surface area contributed by atoms with Crippen LogP contribution in [-0.4, -0.2) is 16.1 Å². The van der Waals surface area contributed by atoms with Crippen LogP contribution in [0.5, 0.6) is 0 Å². The minimum Gasteiger partial charge on any atom is -0.305 e. The van der Waals surface area contributed by atoms with Gasteiger partial charge in [0.25, 0.3) is 0 Å². The van der Waals surface area contributed by atoms with Crippen molar-refractivity contribution in [1.29, 1.82) is 0 Å². The van der Waals surface area contributed by atoms with Gasteiger partial charge in [0.1, 0.15) is 5.82 Å². The second kappa shape index (κ2) is 6.90. The molecule has 2 rings (SSSR count). The number of rotatable bonds is 6. The lowest BCUT2D eigenvalue weighted by Crippen LogP contribution is -2.23. The minimum absolute atomic E-state index is 0.0351. The maximum Gasteiger partial charge on any atom is 0.123 e. The number of nitrogens with one attached hydrogen (secondary N) is 1. The molecular formula is C15H20FN3S. The lowest BCUT2D eigenvalue weighted by Gasteiger charge is -2.19. The molecule has 1 atom stereocenters. The minimum atomic E-state index is -0.213. The summed E-state index contributed by atoms with van der Waals surface area (Å²) in [6.07, 6.45) is 1.04. The van der Waals surface area contributed by atoms with Crippen molar-refractivity contribution in [2.75, 3.05) is 6.54 Å². The third kappa shape index (κ3) is 3.41. The fourth-order valence-electron chi connectivity index (χ4n) is 2.11. The maximum absolute atomic E-state index is 13.1. The van der Waals surface area contributed by atoms with Gasteiger partial charge in [-0.25, -0.2) is 4.39 Å². The zero-order chi connectivity index (χ0) is 14.5. The van der Waals surface area contributed by atoms with Gasteiger partial charge in [0.15, 0.2) is 0 Å². The van der Waals surface area contributed by atoms with Crippen LogP contribution in [0.4, 0.5) is 4.39 Å². The van der Waals surface area contributed by atoms with Crippen molar-refractivity contribution in [2.24, 2.45) is 0 Å². The molecule has 1 aromatic heterocycles. The van der Waals surface area contributed by atoms with Crippen molar-refractivity contribution >= 4 is 11.5 Å². The monoisotopic (exact) mass is 293 g/mol. The van der Waals surface area contributed by atoms with Crippen molar-refractivity contribution in [3.05, 3.63) is 46.2 Å². The molecule has 20 heavy (non-hydrogen) atoms. The zero-order valence-corrected chi connectivity index (χ0v) is 12.9. The molecule has 0 aliphatic carbocycles. The summed E-state index contributed by atoms with van der Waals surface area (Å²) in [7, 11) is 0. The van der Waals surface area contributed by atoms with Gasteiger partial charge in [0.05, 0.1) is 16.6 Å². The lowest BCUT2D eigenvalue weighted by atomic mass is 10.00. The summed E-state index contributed by atoms with van der Waals surface area (Å²) in [6.45, 7) is 7.25. The van der Waals surface area contributed by atoms with E-state index in [0.717, 1.165) is 29.1 Å². The van der Waals surface area contributed by atoms with Gasteiger partial charge in [0, 0.05) is 0 Å². The van der Waals surface area contributed by atoms with Crippen LogP contribution in [0.15, 0.2) is 24.3 Å². The fourth-order valence-corrected chi connectivity index (χ4v) is 3.02. The number of hydrogen-bond acceptors (Lipinski definition) is 4. The highest BCUT2D eigenvalue weighted by Gasteiger charge is 2.22. The van der Waals surface area contributed by atoms with Gasteiger partial charge < -0.3 is 5.32 Å². The molecule has 0 radical (unpaired) electrons. The van der Waals surface area contributed by atoms with Gasteiger partial charge >= 0.3 is 0 Å². The molecule has 0 saturated carbocycles. The van der Waals surface area contributed by atoms with E-state index in [4.69, 9.17) is 0 Å². The molecule has 1 heterocycles. The number of halogens is 1. The number of aromatic nitrogens is 2. The van der Waals surface area contributed by atoms with E-state index in [1.165, 1.54) is 23.7 Å². The van der Waals surface area contributed by atoms with Crippen LogP contribution in [0.2, 0.25) is 0 Å². The smallest absolute Gasteiger partial charge is 0.123 e. The first-order valence-corrected chi connectivity index (χ1v) is 7.71. The molecule has 0 amide bonds. The number of hydrogen-bond donors (Lipinski definition) is 1. The Morgan fingerprint density at radius 3 is 2.55 bits per heavy atom. The highest BCUT2D eigenvalue weighted by molar-refractivity contribution is 7.05. The summed E-state index contributed by atoms with van der Waals surface area (Å²) >= 11 is 1.42. The van der Waals surface area contributed by atoms with E-state index >= 15 is 0 Å². The molecule has 0 aliphatic rings. The Kier molecular flexibility index (Phi) is 5.20. The topological polar surface area (TPSA) is 37.8 Å². The second-order valence-corrected chi connectivity index (χ2v) is 5.90. The molecule has 0 spiro atoms. The first kappa shape index (κ1) is 15.1. The van der Waals surface area contributed by atoms with Gasteiger partial charge in [-0.15, -0.1) is 5.10 Å². The van der Waals surface area contributed by atoms with Gasteiger partial charge in [-0.05, 0) is 48.1 Å². The van der Waals surface area contributed by atoms with E-state index < -0.39 is 0 Å². The van der Waals surface area contributed by atoms with Crippen molar-refractivity contribution in [3.63, 3.8) is 0 Å². The van der Waals surface area contributed by atoms with Crippen LogP contribution in [0.1, 0.15) is 55.3 Å². The predicted molar refractivity (Wildman–Crippen MR) is 80.5 cm³/mol. The predicted octanol–water partition coefficient (Wildman–Crippen LogP) is 3.89. The van der Waals surface area contributed by atoms with Crippen LogP contribution in [0, 0.1) is 5.82 Å². The first-order valence-electron chi connectivity index (χ1n) is 6.94. The first-order chi connectivity index (χ1) is 9.63. The van der Waals surface area contributed by atoms with Crippen molar-refractivity contribution < 1.29 is 4.39 Å². The van der Waals surface area contributed by atoms with E-state index in [2.05, 4.69) is 35.7 Å². The van der Waals surface area contributed by atoms with E-state index in [1.807, 2.05) is 12.1 Å². The van der Waals surface area contributed by atoms with Crippen LogP contribution in [0.3, 0.4) is 0 Å². The molecule has 3 nitrogen and oxygen atoms in total. The fraction of sp³-hybridized carbons (Fsp3) is 0.467. The summed E-state index contributed by atoms with van der Waals surface area (Å²) in [6, 6.07) is 6.69. The summed E-state index contributed by atoms with van der Waals surface area (Å²) < 4.78 is 17.2. The maximum atomic E-state index is 13.1. The second-order valence-electron chi connectivity index (χ2n) is 5.12. The van der Waals surface area contributed by atoms with Gasteiger partial charge in [-0.3, -0.25) is 0 Å². The van der Waals surface area contributed by atoms with Crippen molar-refractivity contribution in [1.82, 2.24) is 14.9 Å². The lowest BCUT2D eigenvalue weighted by molar-refractivity contribution is 0.591.